The molecule has 0 amide bonds. The number of benzene rings is 2. The van der Waals surface area contributed by atoms with E-state index < -0.39 is 11.6 Å². The van der Waals surface area contributed by atoms with Crippen molar-refractivity contribution in [3.8, 4) is 11.4 Å². The molecule has 0 unspecified atom stereocenters. The van der Waals surface area contributed by atoms with Gasteiger partial charge in [-0.15, -0.1) is 0 Å². The second-order valence-corrected chi connectivity index (χ2v) is 4.74. The number of hydrogen-bond acceptors (Lipinski definition) is 1. The van der Waals surface area contributed by atoms with Gasteiger partial charge in [0.2, 0.25) is 0 Å². The van der Waals surface area contributed by atoms with Crippen molar-refractivity contribution in [1.82, 2.24) is 9.97 Å². The molecule has 1 aromatic heterocycles. The number of nitrogens with one attached hydrogen (secondary N) is 1. The molecule has 2 nitrogen and oxygen atoms in total. The van der Waals surface area contributed by atoms with Gasteiger partial charge in [0.05, 0.1) is 5.52 Å². The molecule has 0 aliphatic heterocycles. The van der Waals surface area contributed by atoms with Gasteiger partial charge >= 0.3 is 0 Å². The van der Waals surface area contributed by atoms with E-state index in [-0.39, 0.29) is 5.52 Å². The molecule has 0 atom stereocenters. The standard InChI is InChI=1S/C14H9ClF2N2/c1-7-2-3-8(15)6-9(7)14-18-11-5-4-10(16)12(17)13(11)19-14/h2-6H,1H3,(H,18,19). The number of hydrogen-bond donors (Lipinski definition) is 1. The lowest BCUT2D eigenvalue weighted by Crippen LogP contribution is -1.86. The Kier molecular flexibility index (Phi) is 2.75. The second kappa shape index (κ2) is 4.31. The lowest BCUT2D eigenvalue weighted by atomic mass is 10.1. The first-order chi connectivity index (χ1) is 9.06. The molecule has 0 spiro atoms. The number of nitrogens with zero attached hydrogens (tertiary/aromatic N) is 1. The summed E-state index contributed by atoms with van der Waals surface area (Å²) >= 11 is 5.95. The average molecular weight is 279 g/mol. The van der Waals surface area contributed by atoms with Crippen molar-refractivity contribution in [3.63, 3.8) is 0 Å². The SMILES string of the molecule is Cc1ccc(Cl)cc1-c1nc2c(F)c(F)ccc2[nH]1. The Morgan fingerprint density at radius 2 is 1.95 bits per heavy atom. The van der Waals surface area contributed by atoms with E-state index in [1.807, 2.05) is 13.0 Å². The Morgan fingerprint density at radius 1 is 1.16 bits per heavy atom. The summed E-state index contributed by atoms with van der Waals surface area (Å²) in [6, 6.07) is 7.89. The number of rotatable bonds is 1. The molecule has 0 aliphatic carbocycles. The summed E-state index contributed by atoms with van der Waals surface area (Å²) in [5, 5.41) is 0.563. The maximum Gasteiger partial charge on any atom is 0.186 e. The normalized spacial score (nSPS) is 11.2. The third-order valence-corrected chi connectivity index (χ3v) is 3.24. The highest BCUT2D eigenvalue weighted by Crippen LogP contribution is 2.27. The van der Waals surface area contributed by atoms with Crippen LogP contribution in [-0.4, -0.2) is 9.97 Å². The fraction of sp³-hybridized carbons (Fsp3) is 0.0714. The molecule has 0 fully saturated rings. The molecular formula is C14H9ClF2N2. The van der Waals surface area contributed by atoms with E-state index in [0.29, 0.717) is 16.4 Å². The Balaban J connectivity index is 2.26. The Labute approximate surface area is 113 Å². The number of aromatic amines is 1. The minimum atomic E-state index is -0.945. The van der Waals surface area contributed by atoms with Crippen LogP contribution in [0.15, 0.2) is 30.3 Å². The highest BCUT2D eigenvalue weighted by Gasteiger charge is 2.14. The van der Waals surface area contributed by atoms with Gasteiger partial charge < -0.3 is 4.98 Å². The molecule has 5 heteroatoms. The third-order valence-electron chi connectivity index (χ3n) is 3.00. The molecule has 0 radical (unpaired) electrons. The molecule has 0 saturated carbocycles. The summed E-state index contributed by atoms with van der Waals surface area (Å²) in [4.78, 5) is 7.09. The zero-order valence-electron chi connectivity index (χ0n) is 9.97. The van der Waals surface area contributed by atoms with Crippen LogP contribution in [-0.2, 0) is 0 Å². The molecular weight excluding hydrogens is 270 g/mol. The summed E-state index contributed by atoms with van der Waals surface area (Å²) < 4.78 is 26.8. The minimum absolute atomic E-state index is 0.00521. The second-order valence-electron chi connectivity index (χ2n) is 4.30. The first-order valence-corrected chi connectivity index (χ1v) is 6.04. The van der Waals surface area contributed by atoms with Crippen molar-refractivity contribution in [2.24, 2.45) is 0 Å². The van der Waals surface area contributed by atoms with E-state index >= 15 is 0 Å². The average Bonchev–Trinajstić information content (AvgIpc) is 2.81. The number of aromatic nitrogens is 2. The number of halogens is 3. The number of fused-ring (bicyclic) bond motifs is 1. The molecule has 96 valence electrons. The Morgan fingerprint density at radius 3 is 2.74 bits per heavy atom. The molecule has 1 heterocycles. The van der Waals surface area contributed by atoms with Crippen molar-refractivity contribution in [3.05, 3.63) is 52.6 Å². The van der Waals surface area contributed by atoms with E-state index in [1.165, 1.54) is 6.07 Å². The van der Waals surface area contributed by atoms with Gasteiger partial charge in [-0.2, -0.15) is 0 Å². The molecule has 0 bridgehead atoms. The van der Waals surface area contributed by atoms with Crippen LogP contribution in [0.5, 0.6) is 0 Å². The van der Waals surface area contributed by atoms with Gasteiger partial charge in [-0.1, -0.05) is 17.7 Å². The molecule has 2 aromatic carbocycles. The van der Waals surface area contributed by atoms with E-state index in [9.17, 15) is 8.78 Å². The zero-order chi connectivity index (χ0) is 13.6. The maximum atomic E-state index is 13.6. The molecule has 3 rings (SSSR count). The molecule has 0 aliphatic rings. The van der Waals surface area contributed by atoms with E-state index in [4.69, 9.17) is 11.6 Å². The van der Waals surface area contributed by atoms with Crippen LogP contribution in [0.2, 0.25) is 5.02 Å². The van der Waals surface area contributed by atoms with E-state index in [1.54, 1.807) is 12.1 Å². The summed E-state index contributed by atoms with van der Waals surface area (Å²) in [6.45, 7) is 1.90. The van der Waals surface area contributed by atoms with Crippen molar-refractivity contribution in [2.45, 2.75) is 6.92 Å². The van der Waals surface area contributed by atoms with Gasteiger partial charge in [0.25, 0.3) is 0 Å². The maximum absolute atomic E-state index is 13.6. The topological polar surface area (TPSA) is 28.7 Å². The van der Waals surface area contributed by atoms with Gasteiger partial charge in [-0.25, -0.2) is 13.8 Å². The summed E-state index contributed by atoms with van der Waals surface area (Å²) in [6.07, 6.45) is 0. The lowest BCUT2D eigenvalue weighted by molar-refractivity contribution is 0.515. The third kappa shape index (κ3) is 1.98. The van der Waals surface area contributed by atoms with Crippen molar-refractivity contribution in [1.29, 1.82) is 0 Å². The van der Waals surface area contributed by atoms with Crippen LogP contribution < -0.4 is 0 Å². The Bertz CT molecular complexity index is 780. The van der Waals surface area contributed by atoms with Crippen molar-refractivity contribution in [2.75, 3.05) is 0 Å². The molecule has 19 heavy (non-hydrogen) atoms. The van der Waals surface area contributed by atoms with Gasteiger partial charge in [0.15, 0.2) is 11.6 Å². The first-order valence-electron chi connectivity index (χ1n) is 5.66. The highest BCUT2D eigenvalue weighted by molar-refractivity contribution is 6.30. The number of H-pyrrole nitrogens is 1. The van der Waals surface area contributed by atoms with E-state index in [2.05, 4.69) is 9.97 Å². The van der Waals surface area contributed by atoms with Crippen molar-refractivity contribution >= 4 is 22.6 Å². The lowest BCUT2D eigenvalue weighted by Gasteiger charge is -2.02. The van der Waals surface area contributed by atoms with Crippen LogP contribution in [0.3, 0.4) is 0 Å². The van der Waals surface area contributed by atoms with Gasteiger partial charge in [0.1, 0.15) is 11.3 Å². The van der Waals surface area contributed by atoms with Crippen LogP contribution >= 0.6 is 11.6 Å². The summed E-state index contributed by atoms with van der Waals surface area (Å²) in [7, 11) is 0. The first kappa shape index (κ1) is 12.1. The van der Waals surface area contributed by atoms with Gasteiger partial charge in [0, 0.05) is 10.6 Å². The van der Waals surface area contributed by atoms with Crippen LogP contribution in [0.1, 0.15) is 5.56 Å². The van der Waals surface area contributed by atoms with Crippen LogP contribution in [0.25, 0.3) is 22.4 Å². The minimum Gasteiger partial charge on any atom is -0.338 e. The quantitative estimate of drug-likeness (QED) is 0.699. The van der Waals surface area contributed by atoms with Crippen LogP contribution in [0, 0.1) is 18.6 Å². The highest BCUT2D eigenvalue weighted by atomic mass is 35.5. The molecule has 0 saturated heterocycles. The van der Waals surface area contributed by atoms with Gasteiger partial charge in [-0.3, -0.25) is 0 Å². The van der Waals surface area contributed by atoms with Gasteiger partial charge in [-0.05, 0) is 36.8 Å². The summed E-state index contributed by atoms with van der Waals surface area (Å²) in [5.41, 5.74) is 2.16. The predicted octanol–water partition coefficient (Wildman–Crippen LogP) is 4.47. The summed E-state index contributed by atoms with van der Waals surface area (Å²) in [5.74, 6) is -1.38. The van der Waals surface area contributed by atoms with E-state index in [0.717, 1.165) is 17.2 Å². The monoisotopic (exact) mass is 278 g/mol. The number of imidazole rings is 1. The molecule has 3 aromatic rings. The fourth-order valence-electron chi connectivity index (χ4n) is 1.99. The number of aryl methyl sites for hydroxylation is 1. The zero-order valence-corrected chi connectivity index (χ0v) is 10.7. The fourth-order valence-corrected chi connectivity index (χ4v) is 2.17. The largest absolute Gasteiger partial charge is 0.338 e. The predicted molar refractivity (Wildman–Crippen MR) is 71.2 cm³/mol. The molecule has 1 N–H and O–H groups in total. The van der Waals surface area contributed by atoms with Crippen LogP contribution in [0.4, 0.5) is 8.78 Å². The van der Waals surface area contributed by atoms with Crippen molar-refractivity contribution < 1.29 is 8.78 Å². The smallest absolute Gasteiger partial charge is 0.186 e. The Hall–Kier alpha value is -1.94.